The summed E-state index contributed by atoms with van der Waals surface area (Å²) in [6.07, 6.45) is 5.39. The molecule has 1 aliphatic rings. The summed E-state index contributed by atoms with van der Waals surface area (Å²) >= 11 is 0. The van der Waals surface area contributed by atoms with E-state index in [9.17, 15) is 4.79 Å². The van der Waals surface area contributed by atoms with Crippen LogP contribution in [0.15, 0.2) is 79.1 Å². The van der Waals surface area contributed by atoms with Crippen LogP contribution in [-0.2, 0) is 4.79 Å². The molecule has 2 aromatic carbocycles. The number of carbonyl (C=O) groups is 1. The Morgan fingerprint density at radius 1 is 1.03 bits per heavy atom. The second kappa shape index (κ2) is 10.4. The van der Waals surface area contributed by atoms with Crippen LogP contribution in [-0.4, -0.2) is 45.4 Å². The Morgan fingerprint density at radius 3 is 2.60 bits per heavy atom. The normalized spacial score (nSPS) is 15.6. The lowest BCUT2D eigenvalue weighted by molar-refractivity contribution is -0.120. The predicted octanol–water partition coefficient (Wildman–Crippen LogP) is 4.58. The molecule has 1 saturated heterocycles. The largest absolute Gasteiger partial charge is 0.492 e. The van der Waals surface area contributed by atoms with Crippen molar-refractivity contribution in [2.75, 3.05) is 29.9 Å². The second-order valence-electron chi connectivity index (χ2n) is 8.44. The second-order valence-corrected chi connectivity index (χ2v) is 8.44. The SMILES string of the molecule is CCOc1ccccc1NC(=O)C1CCCN(c2ccc(-n3ccnc3-c3ccccc3)nn2)C1. The molecule has 4 aromatic rings. The Kier molecular flexibility index (Phi) is 6.70. The van der Waals surface area contributed by atoms with Gasteiger partial charge in [0.2, 0.25) is 5.91 Å². The summed E-state index contributed by atoms with van der Waals surface area (Å²) in [5.74, 6) is 2.82. The summed E-state index contributed by atoms with van der Waals surface area (Å²) in [6.45, 7) is 3.91. The fraction of sp³-hybridized carbons (Fsp3) is 0.259. The molecule has 35 heavy (non-hydrogen) atoms. The Bertz CT molecular complexity index is 1270. The number of nitrogens with one attached hydrogen (secondary N) is 1. The van der Waals surface area contributed by atoms with Crippen molar-refractivity contribution in [1.82, 2.24) is 19.7 Å². The van der Waals surface area contributed by atoms with Gasteiger partial charge in [-0.3, -0.25) is 9.36 Å². The number of ether oxygens (including phenoxy) is 1. The first-order chi connectivity index (χ1) is 17.2. The van der Waals surface area contributed by atoms with Crippen LogP contribution >= 0.6 is 0 Å². The van der Waals surface area contributed by atoms with E-state index in [2.05, 4.69) is 25.4 Å². The fourth-order valence-corrected chi connectivity index (χ4v) is 4.39. The van der Waals surface area contributed by atoms with Crippen molar-refractivity contribution >= 4 is 17.4 Å². The molecule has 5 rings (SSSR count). The molecule has 1 unspecified atom stereocenters. The van der Waals surface area contributed by atoms with E-state index in [-0.39, 0.29) is 11.8 Å². The Hall–Kier alpha value is -4.20. The zero-order valence-corrected chi connectivity index (χ0v) is 19.7. The number of aromatic nitrogens is 4. The van der Waals surface area contributed by atoms with E-state index < -0.39 is 0 Å². The van der Waals surface area contributed by atoms with Gasteiger partial charge in [-0.2, -0.15) is 0 Å². The fourth-order valence-electron chi connectivity index (χ4n) is 4.39. The van der Waals surface area contributed by atoms with Gasteiger partial charge in [-0.1, -0.05) is 42.5 Å². The summed E-state index contributed by atoms with van der Waals surface area (Å²) in [7, 11) is 0. The van der Waals surface area contributed by atoms with Crippen molar-refractivity contribution in [2.24, 2.45) is 5.92 Å². The average molecular weight is 469 g/mol. The number of carbonyl (C=O) groups excluding carboxylic acids is 1. The number of imidazole rings is 1. The lowest BCUT2D eigenvalue weighted by Gasteiger charge is -2.32. The lowest BCUT2D eigenvalue weighted by atomic mass is 9.97. The molecule has 1 amide bonds. The van der Waals surface area contributed by atoms with Crippen molar-refractivity contribution in [3.05, 3.63) is 79.1 Å². The first kappa shape index (κ1) is 22.6. The predicted molar refractivity (Wildman–Crippen MR) is 136 cm³/mol. The summed E-state index contributed by atoms with van der Waals surface area (Å²) < 4.78 is 7.57. The van der Waals surface area contributed by atoms with Crippen LogP contribution in [0.4, 0.5) is 11.5 Å². The topological polar surface area (TPSA) is 85.2 Å². The maximum atomic E-state index is 13.0. The van der Waals surface area contributed by atoms with Gasteiger partial charge in [0.1, 0.15) is 11.6 Å². The van der Waals surface area contributed by atoms with Crippen LogP contribution in [0.3, 0.4) is 0 Å². The molecular formula is C27H28N6O2. The van der Waals surface area contributed by atoms with Crippen LogP contribution in [0.25, 0.3) is 17.2 Å². The molecule has 2 aromatic heterocycles. The maximum Gasteiger partial charge on any atom is 0.229 e. The molecule has 8 heteroatoms. The molecule has 0 aliphatic carbocycles. The third kappa shape index (κ3) is 5.01. The zero-order valence-electron chi connectivity index (χ0n) is 19.7. The minimum atomic E-state index is -0.141. The number of benzene rings is 2. The number of hydrogen-bond donors (Lipinski definition) is 1. The van der Waals surface area contributed by atoms with Crippen molar-refractivity contribution in [3.63, 3.8) is 0 Å². The van der Waals surface area contributed by atoms with E-state index in [1.165, 1.54) is 0 Å². The van der Waals surface area contributed by atoms with Crippen LogP contribution in [0.1, 0.15) is 19.8 Å². The Balaban J connectivity index is 1.28. The summed E-state index contributed by atoms with van der Waals surface area (Å²) in [5, 5.41) is 12.0. The van der Waals surface area contributed by atoms with E-state index in [4.69, 9.17) is 4.74 Å². The quantitative estimate of drug-likeness (QED) is 0.427. The van der Waals surface area contributed by atoms with E-state index in [1.54, 1.807) is 6.20 Å². The van der Waals surface area contributed by atoms with Crippen molar-refractivity contribution in [1.29, 1.82) is 0 Å². The molecule has 3 heterocycles. The molecule has 0 spiro atoms. The molecule has 8 nitrogen and oxygen atoms in total. The van der Waals surface area contributed by atoms with Gasteiger partial charge < -0.3 is 15.0 Å². The molecule has 1 N–H and O–H groups in total. The molecular weight excluding hydrogens is 440 g/mol. The molecule has 0 bridgehead atoms. The van der Waals surface area contributed by atoms with Gasteiger partial charge in [0.25, 0.3) is 0 Å². The van der Waals surface area contributed by atoms with E-state index >= 15 is 0 Å². The number of hydrogen-bond acceptors (Lipinski definition) is 6. The van der Waals surface area contributed by atoms with Crippen molar-refractivity contribution < 1.29 is 9.53 Å². The van der Waals surface area contributed by atoms with Gasteiger partial charge in [-0.25, -0.2) is 4.98 Å². The van der Waals surface area contributed by atoms with E-state index in [0.29, 0.717) is 30.4 Å². The highest BCUT2D eigenvalue weighted by atomic mass is 16.5. The van der Waals surface area contributed by atoms with Gasteiger partial charge in [0, 0.05) is 31.0 Å². The van der Waals surface area contributed by atoms with Crippen LogP contribution < -0.4 is 15.0 Å². The summed E-state index contributed by atoms with van der Waals surface area (Å²) in [6, 6.07) is 21.4. The smallest absolute Gasteiger partial charge is 0.229 e. The summed E-state index contributed by atoms with van der Waals surface area (Å²) in [5.41, 5.74) is 1.72. The van der Waals surface area contributed by atoms with Gasteiger partial charge in [-0.05, 0) is 44.0 Å². The minimum Gasteiger partial charge on any atom is -0.492 e. The minimum absolute atomic E-state index is 0.00245. The highest BCUT2D eigenvalue weighted by Gasteiger charge is 2.27. The van der Waals surface area contributed by atoms with Crippen molar-refractivity contribution in [2.45, 2.75) is 19.8 Å². The summed E-state index contributed by atoms with van der Waals surface area (Å²) in [4.78, 5) is 19.7. The van der Waals surface area contributed by atoms with Crippen LogP contribution in [0, 0.1) is 5.92 Å². The van der Waals surface area contributed by atoms with E-state index in [1.807, 2.05) is 84.4 Å². The van der Waals surface area contributed by atoms with Gasteiger partial charge in [0.15, 0.2) is 11.6 Å². The number of rotatable bonds is 7. The zero-order chi connectivity index (χ0) is 24.0. The maximum absolute atomic E-state index is 13.0. The van der Waals surface area contributed by atoms with Gasteiger partial charge in [0.05, 0.1) is 18.2 Å². The van der Waals surface area contributed by atoms with Crippen molar-refractivity contribution in [3.8, 4) is 23.0 Å². The van der Waals surface area contributed by atoms with Gasteiger partial charge >= 0.3 is 0 Å². The first-order valence-electron chi connectivity index (χ1n) is 11.9. The third-order valence-corrected chi connectivity index (χ3v) is 6.12. The van der Waals surface area contributed by atoms with Crippen LogP contribution in [0.2, 0.25) is 0 Å². The number of para-hydroxylation sites is 2. The first-order valence-corrected chi connectivity index (χ1v) is 11.9. The Labute approximate surface area is 204 Å². The average Bonchev–Trinajstić information content (AvgIpc) is 3.41. The molecule has 0 radical (unpaired) electrons. The lowest BCUT2D eigenvalue weighted by Crippen LogP contribution is -2.41. The molecule has 1 fully saturated rings. The standard InChI is InChI=1S/C27H28N6O2/c1-2-35-23-13-7-6-12-22(23)29-27(34)21-11-8-17-32(19-21)24-14-15-25(31-30-24)33-18-16-28-26(33)20-9-4-3-5-10-20/h3-7,9-10,12-16,18,21H,2,8,11,17,19H2,1H3,(H,29,34). The molecule has 0 saturated carbocycles. The number of nitrogens with zero attached hydrogens (tertiary/aromatic N) is 5. The van der Waals surface area contributed by atoms with Gasteiger partial charge in [-0.15, -0.1) is 10.2 Å². The Morgan fingerprint density at radius 2 is 1.80 bits per heavy atom. The molecule has 178 valence electrons. The third-order valence-electron chi connectivity index (χ3n) is 6.12. The number of amides is 1. The highest BCUT2D eigenvalue weighted by Crippen LogP contribution is 2.27. The molecule has 1 aliphatic heterocycles. The van der Waals surface area contributed by atoms with Crippen LogP contribution in [0.5, 0.6) is 5.75 Å². The number of piperidine rings is 1. The highest BCUT2D eigenvalue weighted by molar-refractivity contribution is 5.94. The number of anilines is 2. The van der Waals surface area contributed by atoms with E-state index in [0.717, 1.165) is 36.6 Å². The molecule has 1 atom stereocenters. The monoisotopic (exact) mass is 468 g/mol.